The lowest BCUT2D eigenvalue weighted by Crippen LogP contribution is -2.28. The van der Waals surface area contributed by atoms with Crippen molar-refractivity contribution in [1.82, 2.24) is 4.90 Å². The number of carbonyl (C=O) groups excluding carboxylic acids is 1. The highest BCUT2D eigenvalue weighted by molar-refractivity contribution is 7.18. The second-order valence-corrected chi connectivity index (χ2v) is 5.86. The Labute approximate surface area is 113 Å². The van der Waals surface area contributed by atoms with Crippen LogP contribution in [0.15, 0.2) is 6.07 Å². The van der Waals surface area contributed by atoms with Gasteiger partial charge in [-0.3, -0.25) is 4.79 Å². The van der Waals surface area contributed by atoms with Gasteiger partial charge in [0.2, 0.25) is 0 Å². The predicted molar refractivity (Wildman–Crippen MR) is 79.6 cm³/mol. The molecule has 0 aliphatic heterocycles. The summed E-state index contributed by atoms with van der Waals surface area (Å²) in [5, 5.41) is 4.29. The highest BCUT2D eigenvalue weighted by atomic mass is 32.1. The van der Waals surface area contributed by atoms with Crippen molar-refractivity contribution >= 4 is 27.8 Å². The highest BCUT2D eigenvalue weighted by Gasteiger charge is 2.10. The van der Waals surface area contributed by atoms with Crippen LogP contribution >= 0.6 is 11.3 Å². The van der Waals surface area contributed by atoms with Crippen molar-refractivity contribution in [2.45, 2.75) is 33.2 Å². The van der Waals surface area contributed by atoms with Crippen LogP contribution in [0.3, 0.4) is 0 Å². The third-order valence-corrected chi connectivity index (χ3v) is 4.16. The number of thiophene rings is 1. The molecule has 4 nitrogen and oxygen atoms in total. The lowest BCUT2D eigenvalue weighted by Gasteiger charge is -2.20. The van der Waals surface area contributed by atoms with E-state index in [9.17, 15) is 4.79 Å². The molecule has 0 saturated carbocycles. The summed E-state index contributed by atoms with van der Waals surface area (Å²) in [5.74, 6) is 0.0325. The van der Waals surface area contributed by atoms with Gasteiger partial charge in [-0.05, 0) is 39.9 Å². The van der Waals surface area contributed by atoms with Gasteiger partial charge >= 0.3 is 0 Å². The van der Waals surface area contributed by atoms with Gasteiger partial charge in [-0.25, -0.2) is 0 Å². The summed E-state index contributed by atoms with van der Waals surface area (Å²) < 4.78 is 0. The van der Waals surface area contributed by atoms with Crippen molar-refractivity contribution in [1.29, 1.82) is 0 Å². The van der Waals surface area contributed by atoms with Crippen LogP contribution in [-0.2, 0) is 0 Å². The van der Waals surface area contributed by atoms with Crippen molar-refractivity contribution in [2.75, 3.05) is 31.2 Å². The molecule has 18 heavy (non-hydrogen) atoms. The molecule has 1 heterocycles. The van der Waals surface area contributed by atoms with Gasteiger partial charge in [-0.1, -0.05) is 0 Å². The Kier molecular flexibility index (Phi) is 5.62. The van der Waals surface area contributed by atoms with E-state index in [2.05, 4.69) is 31.1 Å². The number of nitrogens with one attached hydrogen (secondary N) is 1. The minimum atomic E-state index is 0.0325. The van der Waals surface area contributed by atoms with E-state index in [-0.39, 0.29) is 5.78 Å². The zero-order chi connectivity index (χ0) is 13.7. The van der Waals surface area contributed by atoms with E-state index in [0.29, 0.717) is 16.6 Å². The molecule has 102 valence electrons. The van der Waals surface area contributed by atoms with Gasteiger partial charge in [0.25, 0.3) is 0 Å². The first kappa shape index (κ1) is 15.0. The standard InChI is InChI=1S/C13H23N3OS/c1-9(2)16(4)7-5-6-15-12-8-11(14)13(18-12)10(3)17/h8-9,15H,5-7,14H2,1-4H3. The zero-order valence-corrected chi connectivity index (χ0v) is 12.4. The molecule has 1 aromatic rings. The number of carbonyl (C=O) groups is 1. The van der Waals surface area contributed by atoms with Gasteiger partial charge in [0.1, 0.15) is 0 Å². The van der Waals surface area contributed by atoms with Crippen LogP contribution < -0.4 is 11.1 Å². The van der Waals surface area contributed by atoms with Crippen molar-refractivity contribution in [2.24, 2.45) is 0 Å². The monoisotopic (exact) mass is 269 g/mol. The van der Waals surface area contributed by atoms with Gasteiger partial charge in [0, 0.05) is 19.5 Å². The van der Waals surface area contributed by atoms with E-state index < -0.39 is 0 Å². The van der Waals surface area contributed by atoms with Gasteiger partial charge in [-0.2, -0.15) is 0 Å². The summed E-state index contributed by atoms with van der Waals surface area (Å²) in [6.45, 7) is 7.88. The molecule has 0 aliphatic rings. The Morgan fingerprint density at radius 1 is 1.56 bits per heavy atom. The van der Waals surface area contributed by atoms with Gasteiger partial charge in [-0.15, -0.1) is 11.3 Å². The summed E-state index contributed by atoms with van der Waals surface area (Å²) in [4.78, 5) is 14.2. The third-order valence-electron chi connectivity index (χ3n) is 2.95. The van der Waals surface area contributed by atoms with Gasteiger partial charge < -0.3 is 16.0 Å². The molecule has 3 N–H and O–H groups in total. The normalized spacial score (nSPS) is 11.2. The fourth-order valence-electron chi connectivity index (χ4n) is 1.57. The van der Waals surface area contributed by atoms with Crippen LogP contribution in [-0.4, -0.2) is 36.9 Å². The van der Waals surface area contributed by atoms with Gasteiger partial charge in [0.05, 0.1) is 15.6 Å². The first-order valence-corrected chi connectivity index (χ1v) is 7.07. The van der Waals surface area contributed by atoms with Crippen molar-refractivity contribution in [3.05, 3.63) is 10.9 Å². The maximum Gasteiger partial charge on any atom is 0.171 e. The topological polar surface area (TPSA) is 58.4 Å². The zero-order valence-electron chi connectivity index (χ0n) is 11.6. The summed E-state index contributed by atoms with van der Waals surface area (Å²) in [6.07, 6.45) is 1.07. The lowest BCUT2D eigenvalue weighted by molar-refractivity contribution is 0.102. The minimum absolute atomic E-state index is 0.0325. The molecule has 0 atom stereocenters. The van der Waals surface area contributed by atoms with E-state index in [0.717, 1.165) is 24.5 Å². The molecule has 0 spiro atoms. The number of nitrogen functional groups attached to an aromatic ring is 1. The Bertz CT molecular complexity index is 401. The molecule has 0 unspecified atom stereocenters. The summed E-state index contributed by atoms with van der Waals surface area (Å²) in [7, 11) is 2.13. The lowest BCUT2D eigenvalue weighted by atomic mass is 10.3. The Hall–Kier alpha value is -1.07. The average molecular weight is 269 g/mol. The molecule has 1 aromatic heterocycles. The predicted octanol–water partition coefficient (Wildman–Crippen LogP) is 2.68. The number of nitrogens with two attached hydrogens (primary N) is 1. The van der Waals surface area contributed by atoms with E-state index in [1.165, 1.54) is 11.3 Å². The molecule has 1 rings (SSSR count). The molecule has 5 heteroatoms. The molecule has 0 saturated heterocycles. The third kappa shape index (κ3) is 4.31. The first-order valence-electron chi connectivity index (χ1n) is 6.26. The number of anilines is 2. The molecule has 0 fully saturated rings. The smallest absolute Gasteiger partial charge is 0.171 e. The van der Waals surface area contributed by atoms with Crippen LogP contribution in [0.2, 0.25) is 0 Å². The maximum atomic E-state index is 11.3. The first-order chi connectivity index (χ1) is 8.41. The number of nitrogens with zero attached hydrogens (tertiary/aromatic N) is 1. The highest BCUT2D eigenvalue weighted by Crippen LogP contribution is 2.29. The van der Waals surface area contributed by atoms with Crippen LogP contribution in [0.5, 0.6) is 0 Å². The van der Waals surface area contributed by atoms with Crippen LogP contribution in [0.4, 0.5) is 10.7 Å². The average Bonchev–Trinajstić information content (AvgIpc) is 2.65. The summed E-state index contributed by atoms with van der Waals surface area (Å²) >= 11 is 1.43. The largest absolute Gasteiger partial charge is 0.397 e. The molecule has 0 radical (unpaired) electrons. The van der Waals surface area contributed by atoms with Crippen molar-refractivity contribution in [3.8, 4) is 0 Å². The summed E-state index contributed by atoms with van der Waals surface area (Å²) in [6, 6.07) is 2.42. The Balaban J connectivity index is 2.36. The number of hydrogen-bond donors (Lipinski definition) is 2. The van der Waals surface area contributed by atoms with Crippen LogP contribution in [0.25, 0.3) is 0 Å². The Morgan fingerprint density at radius 2 is 2.22 bits per heavy atom. The fourth-order valence-corrected chi connectivity index (χ4v) is 2.47. The SMILES string of the molecule is CC(=O)c1sc(NCCCN(C)C(C)C)cc1N. The molecular weight excluding hydrogens is 246 g/mol. The van der Waals surface area contributed by atoms with E-state index in [1.807, 2.05) is 6.07 Å². The minimum Gasteiger partial charge on any atom is -0.397 e. The second-order valence-electron chi connectivity index (χ2n) is 4.81. The fraction of sp³-hybridized carbons (Fsp3) is 0.615. The Morgan fingerprint density at radius 3 is 2.72 bits per heavy atom. The van der Waals surface area contributed by atoms with E-state index >= 15 is 0 Å². The molecule has 0 aliphatic carbocycles. The number of Topliss-reactive ketones (excluding diaryl/α,β-unsaturated/α-hetero) is 1. The molecular formula is C13H23N3OS. The van der Waals surface area contributed by atoms with E-state index in [1.54, 1.807) is 6.92 Å². The van der Waals surface area contributed by atoms with Crippen LogP contribution in [0.1, 0.15) is 36.9 Å². The molecule has 0 bridgehead atoms. The van der Waals surface area contributed by atoms with Crippen molar-refractivity contribution < 1.29 is 4.79 Å². The van der Waals surface area contributed by atoms with Crippen LogP contribution in [0, 0.1) is 0 Å². The number of hydrogen-bond acceptors (Lipinski definition) is 5. The van der Waals surface area contributed by atoms with E-state index in [4.69, 9.17) is 5.73 Å². The molecule has 0 amide bonds. The number of rotatable bonds is 7. The number of ketones is 1. The van der Waals surface area contributed by atoms with Gasteiger partial charge in [0.15, 0.2) is 5.78 Å². The molecule has 0 aromatic carbocycles. The van der Waals surface area contributed by atoms with Crippen molar-refractivity contribution in [3.63, 3.8) is 0 Å². The quantitative estimate of drug-likeness (QED) is 0.590. The maximum absolute atomic E-state index is 11.3. The summed E-state index contributed by atoms with van der Waals surface area (Å²) in [5.41, 5.74) is 6.35. The second kappa shape index (κ2) is 6.75.